The van der Waals surface area contributed by atoms with Gasteiger partial charge in [0.2, 0.25) is 0 Å². The fourth-order valence-corrected chi connectivity index (χ4v) is 2.12. The van der Waals surface area contributed by atoms with Crippen molar-refractivity contribution in [3.8, 4) is 11.5 Å². The van der Waals surface area contributed by atoms with Crippen LogP contribution in [0.3, 0.4) is 0 Å². The van der Waals surface area contributed by atoms with Crippen LogP contribution in [-0.4, -0.2) is 19.2 Å². The minimum atomic E-state index is -0.528. The van der Waals surface area contributed by atoms with Crippen molar-refractivity contribution < 1.29 is 19.0 Å². The van der Waals surface area contributed by atoms with E-state index in [9.17, 15) is 4.79 Å². The number of rotatable bonds is 4. The molecule has 0 amide bonds. The van der Waals surface area contributed by atoms with Crippen molar-refractivity contribution in [3.05, 3.63) is 59.7 Å². The van der Waals surface area contributed by atoms with Gasteiger partial charge in [-0.1, -0.05) is 29.8 Å². The molecule has 0 N–H and O–H groups in total. The highest BCUT2D eigenvalue weighted by Gasteiger charge is 2.47. The summed E-state index contributed by atoms with van der Waals surface area (Å²) in [4.78, 5) is 12.0. The largest absolute Gasteiger partial charge is 0.497 e. The van der Waals surface area contributed by atoms with Crippen LogP contribution in [0, 0.1) is 6.92 Å². The molecule has 1 aliphatic rings. The zero-order chi connectivity index (χ0) is 14.8. The summed E-state index contributed by atoms with van der Waals surface area (Å²) in [5.74, 6) is 0.951. The third-order valence-corrected chi connectivity index (χ3v) is 3.41. The zero-order valence-corrected chi connectivity index (χ0v) is 11.9. The van der Waals surface area contributed by atoms with E-state index in [0.717, 1.165) is 16.9 Å². The smallest absolute Gasteiger partial charge is 0.343 e. The minimum Gasteiger partial charge on any atom is -0.497 e. The van der Waals surface area contributed by atoms with Crippen LogP contribution in [0.2, 0.25) is 0 Å². The Bertz CT molecular complexity index is 631. The first-order valence-corrected chi connectivity index (χ1v) is 6.75. The van der Waals surface area contributed by atoms with Gasteiger partial charge in [-0.25, -0.2) is 4.79 Å². The van der Waals surface area contributed by atoms with Gasteiger partial charge in [0.1, 0.15) is 17.6 Å². The Labute approximate surface area is 123 Å². The number of esters is 1. The van der Waals surface area contributed by atoms with Gasteiger partial charge in [0.05, 0.1) is 7.11 Å². The highest BCUT2D eigenvalue weighted by atomic mass is 16.6. The Morgan fingerprint density at radius 3 is 2.24 bits per heavy atom. The molecule has 1 aliphatic heterocycles. The molecule has 0 unspecified atom stereocenters. The van der Waals surface area contributed by atoms with Crippen LogP contribution in [0.4, 0.5) is 0 Å². The normalized spacial score (nSPS) is 19.9. The first kappa shape index (κ1) is 13.6. The second-order valence-electron chi connectivity index (χ2n) is 4.98. The fourth-order valence-electron chi connectivity index (χ4n) is 2.12. The predicted octanol–water partition coefficient (Wildman–Crippen LogP) is 3.05. The van der Waals surface area contributed by atoms with Gasteiger partial charge in [-0.15, -0.1) is 0 Å². The van der Waals surface area contributed by atoms with E-state index in [4.69, 9.17) is 14.2 Å². The number of methoxy groups -OCH3 is 1. The van der Waals surface area contributed by atoms with Crippen LogP contribution >= 0.6 is 0 Å². The molecular weight excluding hydrogens is 268 g/mol. The molecule has 2 aromatic rings. The first-order valence-electron chi connectivity index (χ1n) is 6.75. The average molecular weight is 284 g/mol. The third kappa shape index (κ3) is 3.06. The number of hydrogen-bond donors (Lipinski definition) is 0. The number of carbonyl (C=O) groups excluding carboxylic acids is 1. The standard InChI is InChI=1S/C17H16O4/c1-11-3-7-14(8-4-11)20-17(18)16-15(21-16)12-5-9-13(19-2)10-6-12/h3-10,15-16H,1-2H3/t15-,16+/m1/s1. The molecule has 2 atom stereocenters. The van der Waals surface area contributed by atoms with Crippen LogP contribution in [0.5, 0.6) is 11.5 Å². The van der Waals surface area contributed by atoms with Crippen LogP contribution in [0.15, 0.2) is 48.5 Å². The second kappa shape index (κ2) is 5.58. The van der Waals surface area contributed by atoms with Crippen LogP contribution < -0.4 is 9.47 Å². The van der Waals surface area contributed by atoms with Crippen LogP contribution in [-0.2, 0) is 9.53 Å². The quantitative estimate of drug-likeness (QED) is 0.492. The van der Waals surface area contributed by atoms with Gasteiger partial charge in [-0.2, -0.15) is 0 Å². The molecule has 0 aromatic heterocycles. The molecule has 2 aromatic carbocycles. The molecule has 108 valence electrons. The molecule has 1 heterocycles. The summed E-state index contributed by atoms with van der Waals surface area (Å²) in [5.41, 5.74) is 2.07. The Balaban J connectivity index is 1.61. The highest BCUT2D eigenvalue weighted by molar-refractivity contribution is 5.80. The SMILES string of the molecule is COc1ccc([C@H]2O[C@@H]2C(=O)Oc2ccc(C)cc2)cc1. The lowest BCUT2D eigenvalue weighted by Gasteiger charge is -2.03. The molecule has 3 rings (SSSR count). The lowest BCUT2D eigenvalue weighted by Crippen LogP contribution is -2.15. The van der Waals surface area contributed by atoms with Gasteiger partial charge in [-0.3, -0.25) is 0 Å². The maximum absolute atomic E-state index is 12.0. The lowest BCUT2D eigenvalue weighted by molar-refractivity contribution is -0.135. The van der Waals surface area contributed by atoms with E-state index in [-0.39, 0.29) is 12.1 Å². The molecule has 0 saturated carbocycles. The summed E-state index contributed by atoms with van der Waals surface area (Å²) in [6.45, 7) is 1.98. The van der Waals surface area contributed by atoms with E-state index < -0.39 is 6.10 Å². The van der Waals surface area contributed by atoms with Gasteiger partial charge in [0, 0.05) is 0 Å². The van der Waals surface area contributed by atoms with E-state index in [1.807, 2.05) is 43.3 Å². The van der Waals surface area contributed by atoms with E-state index in [2.05, 4.69) is 0 Å². The number of benzene rings is 2. The first-order chi connectivity index (χ1) is 10.2. The van der Waals surface area contributed by atoms with Crippen molar-refractivity contribution in [1.29, 1.82) is 0 Å². The lowest BCUT2D eigenvalue weighted by atomic mass is 10.1. The number of epoxide rings is 1. The maximum Gasteiger partial charge on any atom is 0.343 e. The van der Waals surface area contributed by atoms with Gasteiger partial charge < -0.3 is 14.2 Å². The number of carbonyl (C=O) groups is 1. The molecule has 4 heteroatoms. The second-order valence-corrected chi connectivity index (χ2v) is 4.98. The molecule has 0 aliphatic carbocycles. The van der Waals surface area contributed by atoms with Crippen molar-refractivity contribution in [3.63, 3.8) is 0 Å². The average Bonchev–Trinajstić information content (AvgIpc) is 3.30. The summed E-state index contributed by atoms with van der Waals surface area (Å²) in [6.07, 6.45) is -0.756. The number of aryl methyl sites for hydroxylation is 1. The van der Waals surface area contributed by atoms with Crippen LogP contribution in [0.25, 0.3) is 0 Å². The molecule has 1 saturated heterocycles. The Morgan fingerprint density at radius 1 is 1.00 bits per heavy atom. The van der Waals surface area contributed by atoms with Gasteiger partial charge >= 0.3 is 5.97 Å². The maximum atomic E-state index is 12.0. The summed E-state index contributed by atoms with van der Waals surface area (Å²) >= 11 is 0. The van der Waals surface area contributed by atoms with Gasteiger partial charge in [-0.05, 0) is 36.8 Å². The predicted molar refractivity (Wildman–Crippen MR) is 77.4 cm³/mol. The van der Waals surface area contributed by atoms with Gasteiger partial charge in [0.25, 0.3) is 0 Å². The van der Waals surface area contributed by atoms with E-state index in [1.54, 1.807) is 19.2 Å². The monoisotopic (exact) mass is 284 g/mol. The van der Waals surface area contributed by atoms with E-state index >= 15 is 0 Å². The molecule has 1 fully saturated rings. The summed E-state index contributed by atoms with van der Waals surface area (Å²) in [7, 11) is 1.62. The molecule has 0 bridgehead atoms. The molecule has 0 spiro atoms. The third-order valence-electron chi connectivity index (χ3n) is 3.41. The Morgan fingerprint density at radius 2 is 1.62 bits per heavy atom. The van der Waals surface area contributed by atoms with Gasteiger partial charge in [0.15, 0.2) is 6.10 Å². The number of ether oxygens (including phenoxy) is 3. The van der Waals surface area contributed by atoms with E-state index in [1.165, 1.54) is 0 Å². The molecule has 21 heavy (non-hydrogen) atoms. The summed E-state index contributed by atoms with van der Waals surface area (Å²) in [6, 6.07) is 14.8. The van der Waals surface area contributed by atoms with Crippen molar-refractivity contribution >= 4 is 5.97 Å². The van der Waals surface area contributed by atoms with E-state index in [0.29, 0.717) is 5.75 Å². The molecule has 0 radical (unpaired) electrons. The Kier molecular flexibility index (Phi) is 3.62. The van der Waals surface area contributed by atoms with Crippen LogP contribution in [0.1, 0.15) is 17.2 Å². The fraction of sp³-hybridized carbons (Fsp3) is 0.235. The summed E-state index contributed by atoms with van der Waals surface area (Å²) in [5, 5.41) is 0. The molecular formula is C17H16O4. The van der Waals surface area contributed by atoms with Crippen molar-refractivity contribution in [2.45, 2.75) is 19.1 Å². The topological polar surface area (TPSA) is 48.1 Å². The summed E-state index contributed by atoms with van der Waals surface area (Å²) < 4.78 is 15.8. The molecule has 4 nitrogen and oxygen atoms in total. The van der Waals surface area contributed by atoms with Crippen molar-refractivity contribution in [2.75, 3.05) is 7.11 Å². The van der Waals surface area contributed by atoms with Crippen molar-refractivity contribution in [1.82, 2.24) is 0 Å². The number of hydrogen-bond acceptors (Lipinski definition) is 4. The minimum absolute atomic E-state index is 0.228. The Hall–Kier alpha value is -2.33. The highest BCUT2D eigenvalue weighted by Crippen LogP contribution is 2.40. The zero-order valence-electron chi connectivity index (χ0n) is 11.9. The van der Waals surface area contributed by atoms with Crippen molar-refractivity contribution in [2.24, 2.45) is 0 Å².